The van der Waals surface area contributed by atoms with Crippen LogP contribution < -0.4 is 0 Å². The lowest BCUT2D eigenvalue weighted by molar-refractivity contribution is -0.116. The van der Waals surface area contributed by atoms with Gasteiger partial charge in [0, 0.05) is 12.6 Å². The molecular weight excluding hydrogens is 186 g/mol. The monoisotopic (exact) mass is 205 g/mol. The smallest absolute Gasteiger partial charge is 0.158 e. The van der Waals surface area contributed by atoms with E-state index >= 15 is 0 Å². The van der Waals surface area contributed by atoms with Crippen molar-refractivity contribution < 1.29 is 4.79 Å². The van der Waals surface area contributed by atoms with E-state index in [0.717, 1.165) is 31.3 Å². The molecule has 1 aliphatic carbocycles. The number of hydrogen-bond acceptors (Lipinski definition) is 2. The van der Waals surface area contributed by atoms with Gasteiger partial charge in [-0.1, -0.05) is 13.8 Å². The largest absolute Gasteiger partial charge is 0.295 e. The fourth-order valence-electron chi connectivity index (χ4n) is 2.60. The minimum absolute atomic E-state index is 0.203. The molecule has 0 amide bonds. The molecule has 2 heteroatoms. The van der Waals surface area contributed by atoms with Crippen LogP contribution in [-0.4, -0.2) is 18.0 Å². The molecule has 1 aliphatic heterocycles. The Hall–Kier alpha value is -0.920. The normalized spacial score (nSPS) is 30.1. The molecule has 0 saturated carbocycles. The second-order valence-electron chi connectivity index (χ2n) is 5.35. The summed E-state index contributed by atoms with van der Waals surface area (Å²) in [6.07, 6.45) is 5.84. The minimum atomic E-state index is 0.203. The van der Waals surface area contributed by atoms with E-state index in [4.69, 9.17) is 0 Å². The molecule has 0 radical (unpaired) electrons. The van der Waals surface area contributed by atoms with Crippen LogP contribution in [-0.2, 0) is 4.79 Å². The molecular formula is C13H19NO. The Morgan fingerprint density at radius 3 is 2.73 bits per heavy atom. The summed E-state index contributed by atoms with van der Waals surface area (Å²) in [4.78, 5) is 16.2. The van der Waals surface area contributed by atoms with Crippen molar-refractivity contribution in [2.45, 2.75) is 52.5 Å². The first-order chi connectivity index (χ1) is 7.02. The maximum absolute atomic E-state index is 11.7. The molecule has 2 nitrogen and oxygen atoms in total. The first-order valence-electron chi connectivity index (χ1n) is 5.77. The van der Waals surface area contributed by atoms with Crippen LogP contribution in [0.4, 0.5) is 0 Å². The zero-order valence-corrected chi connectivity index (χ0v) is 9.84. The summed E-state index contributed by atoms with van der Waals surface area (Å²) in [7, 11) is 0. The summed E-state index contributed by atoms with van der Waals surface area (Å²) in [5, 5.41) is 0. The summed E-state index contributed by atoms with van der Waals surface area (Å²) < 4.78 is 0. The predicted molar refractivity (Wildman–Crippen MR) is 62.2 cm³/mol. The summed E-state index contributed by atoms with van der Waals surface area (Å²) in [5.41, 5.74) is 2.48. The minimum Gasteiger partial charge on any atom is -0.295 e. The number of allylic oxidation sites excluding steroid dienone is 1. The summed E-state index contributed by atoms with van der Waals surface area (Å²) >= 11 is 0. The molecule has 0 aromatic carbocycles. The highest BCUT2D eigenvalue weighted by Crippen LogP contribution is 2.40. The average molecular weight is 205 g/mol. The number of aliphatic imine (C=N–C) groups is 1. The third kappa shape index (κ3) is 1.77. The van der Waals surface area contributed by atoms with Gasteiger partial charge in [0.1, 0.15) is 0 Å². The topological polar surface area (TPSA) is 29.4 Å². The van der Waals surface area contributed by atoms with E-state index in [-0.39, 0.29) is 11.5 Å². The second kappa shape index (κ2) is 3.58. The van der Waals surface area contributed by atoms with E-state index in [9.17, 15) is 4.79 Å². The molecule has 0 saturated heterocycles. The van der Waals surface area contributed by atoms with Crippen molar-refractivity contribution in [1.82, 2.24) is 0 Å². The molecule has 2 rings (SSSR count). The van der Waals surface area contributed by atoms with E-state index < -0.39 is 0 Å². The number of carbonyl (C=O) groups excluding carboxylic acids is 1. The second-order valence-corrected chi connectivity index (χ2v) is 5.35. The van der Waals surface area contributed by atoms with E-state index in [1.54, 1.807) is 0 Å². The van der Waals surface area contributed by atoms with Crippen LogP contribution in [0.25, 0.3) is 0 Å². The third-order valence-electron chi connectivity index (χ3n) is 3.69. The van der Waals surface area contributed by atoms with Gasteiger partial charge in [0.2, 0.25) is 0 Å². The van der Waals surface area contributed by atoms with Gasteiger partial charge in [-0.15, -0.1) is 0 Å². The molecule has 0 aromatic heterocycles. The van der Waals surface area contributed by atoms with Crippen LogP contribution in [0.3, 0.4) is 0 Å². The van der Waals surface area contributed by atoms with Gasteiger partial charge >= 0.3 is 0 Å². The summed E-state index contributed by atoms with van der Waals surface area (Å²) in [6.45, 7) is 6.45. The Labute approximate surface area is 91.5 Å². The molecule has 0 fully saturated rings. The highest BCUT2D eigenvalue weighted by atomic mass is 16.1. The SMILES string of the molecule is CC1=C(C2N=CCC2(C)C)CCCC1=O. The fourth-order valence-corrected chi connectivity index (χ4v) is 2.60. The standard InChI is InChI=1S/C13H19NO/c1-9-10(5-4-6-11(9)15)12-13(2,3)7-8-14-12/h8,12H,4-7H2,1-3H3. The lowest BCUT2D eigenvalue weighted by Gasteiger charge is -2.30. The van der Waals surface area contributed by atoms with Gasteiger partial charge in [-0.25, -0.2) is 0 Å². The van der Waals surface area contributed by atoms with Crippen molar-refractivity contribution >= 4 is 12.0 Å². The van der Waals surface area contributed by atoms with Crippen LogP contribution in [0, 0.1) is 5.41 Å². The van der Waals surface area contributed by atoms with Crippen molar-refractivity contribution in [1.29, 1.82) is 0 Å². The van der Waals surface area contributed by atoms with Gasteiger partial charge in [0.05, 0.1) is 6.04 Å². The zero-order chi connectivity index (χ0) is 11.1. The highest BCUT2D eigenvalue weighted by Gasteiger charge is 2.36. The Morgan fingerprint density at radius 1 is 1.40 bits per heavy atom. The lowest BCUT2D eigenvalue weighted by Crippen LogP contribution is -2.28. The molecule has 1 atom stereocenters. The van der Waals surface area contributed by atoms with E-state index in [1.807, 2.05) is 13.1 Å². The van der Waals surface area contributed by atoms with Gasteiger partial charge in [-0.05, 0) is 42.7 Å². The van der Waals surface area contributed by atoms with E-state index in [2.05, 4.69) is 18.8 Å². The van der Waals surface area contributed by atoms with Crippen molar-refractivity contribution in [2.24, 2.45) is 10.4 Å². The molecule has 15 heavy (non-hydrogen) atoms. The number of Topliss-reactive ketones (excluding diaryl/α,β-unsaturated/α-hetero) is 1. The van der Waals surface area contributed by atoms with Gasteiger partial charge < -0.3 is 0 Å². The summed E-state index contributed by atoms with van der Waals surface area (Å²) in [5.74, 6) is 0.328. The maximum atomic E-state index is 11.7. The van der Waals surface area contributed by atoms with Crippen LogP contribution in [0.1, 0.15) is 46.5 Å². The molecule has 82 valence electrons. The van der Waals surface area contributed by atoms with Gasteiger partial charge in [-0.2, -0.15) is 0 Å². The molecule has 1 unspecified atom stereocenters. The van der Waals surface area contributed by atoms with Crippen LogP contribution in [0.2, 0.25) is 0 Å². The van der Waals surface area contributed by atoms with Crippen molar-refractivity contribution in [3.05, 3.63) is 11.1 Å². The van der Waals surface area contributed by atoms with Crippen molar-refractivity contribution in [3.63, 3.8) is 0 Å². The van der Waals surface area contributed by atoms with Crippen LogP contribution in [0.15, 0.2) is 16.1 Å². The summed E-state index contributed by atoms with van der Waals surface area (Å²) in [6, 6.07) is 0.252. The number of carbonyl (C=O) groups is 1. The lowest BCUT2D eigenvalue weighted by atomic mass is 9.75. The first-order valence-corrected chi connectivity index (χ1v) is 5.77. The molecule has 1 heterocycles. The fraction of sp³-hybridized carbons (Fsp3) is 0.692. The number of nitrogens with zero attached hydrogens (tertiary/aromatic N) is 1. The Balaban J connectivity index is 2.34. The van der Waals surface area contributed by atoms with E-state index in [0.29, 0.717) is 5.78 Å². The quantitative estimate of drug-likeness (QED) is 0.647. The highest BCUT2D eigenvalue weighted by molar-refractivity contribution is 5.96. The van der Waals surface area contributed by atoms with Gasteiger partial charge in [0.25, 0.3) is 0 Å². The molecule has 0 bridgehead atoms. The predicted octanol–water partition coefficient (Wildman–Crippen LogP) is 2.93. The third-order valence-corrected chi connectivity index (χ3v) is 3.69. The average Bonchev–Trinajstić information content (AvgIpc) is 2.50. The molecule has 0 aromatic rings. The van der Waals surface area contributed by atoms with Crippen molar-refractivity contribution in [2.75, 3.05) is 0 Å². The number of hydrogen-bond donors (Lipinski definition) is 0. The van der Waals surface area contributed by atoms with Gasteiger partial charge in [-0.3, -0.25) is 9.79 Å². The van der Waals surface area contributed by atoms with Crippen LogP contribution in [0.5, 0.6) is 0 Å². The maximum Gasteiger partial charge on any atom is 0.158 e. The molecule has 2 aliphatic rings. The van der Waals surface area contributed by atoms with Crippen molar-refractivity contribution in [3.8, 4) is 0 Å². The zero-order valence-electron chi connectivity index (χ0n) is 9.84. The van der Waals surface area contributed by atoms with E-state index in [1.165, 1.54) is 5.57 Å². The first kappa shape index (κ1) is 10.6. The number of rotatable bonds is 1. The Bertz CT molecular complexity index is 350. The Kier molecular flexibility index (Phi) is 2.53. The van der Waals surface area contributed by atoms with Crippen LogP contribution >= 0.6 is 0 Å². The molecule has 0 spiro atoms. The number of ketones is 1. The Morgan fingerprint density at radius 2 is 2.13 bits per heavy atom. The molecule has 0 N–H and O–H groups in total. The van der Waals surface area contributed by atoms with Gasteiger partial charge in [0.15, 0.2) is 5.78 Å².